The third-order valence-corrected chi connectivity index (χ3v) is 5.97. The van der Waals surface area contributed by atoms with Crippen LogP contribution in [0.25, 0.3) is 0 Å². The van der Waals surface area contributed by atoms with Gasteiger partial charge in [0.25, 0.3) is 0 Å². The van der Waals surface area contributed by atoms with Gasteiger partial charge < -0.3 is 20.6 Å². The molecule has 0 bridgehead atoms. The molecule has 3 atom stereocenters. The number of hydrogen-bond donors (Lipinski definition) is 4. The monoisotopic (exact) mass is 479 g/mol. The minimum atomic E-state index is -1.10. The van der Waals surface area contributed by atoms with Crippen molar-refractivity contribution < 1.29 is 20.1 Å². The van der Waals surface area contributed by atoms with Crippen LogP contribution < -0.4 is 5.32 Å². The summed E-state index contributed by atoms with van der Waals surface area (Å²) in [6.07, 6.45) is 27.3. The van der Waals surface area contributed by atoms with Crippen LogP contribution in [0, 0.1) is 0 Å². The lowest BCUT2D eigenvalue weighted by molar-refractivity contribution is -0.131. The topological polar surface area (TPSA) is 89.8 Å². The lowest BCUT2D eigenvalue weighted by atomic mass is 10.0. The Morgan fingerprint density at radius 3 is 1.76 bits per heavy atom. The second-order valence-corrected chi connectivity index (χ2v) is 9.21. The molecular formula is C29H53NO4. The molecule has 3 unspecified atom stereocenters. The SMILES string of the molecule is CC/C=C/CC/C=C/CC/C=C/C(O)C(CO)NC(=O)C(O)CCCCCCCCCCCC. The van der Waals surface area contributed by atoms with Crippen LogP contribution in [0.5, 0.6) is 0 Å². The van der Waals surface area contributed by atoms with E-state index in [2.05, 4.69) is 43.5 Å². The first-order chi connectivity index (χ1) is 16.6. The Morgan fingerprint density at radius 2 is 1.24 bits per heavy atom. The number of hydrogen-bond acceptors (Lipinski definition) is 4. The van der Waals surface area contributed by atoms with Gasteiger partial charge in [-0.05, 0) is 38.5 Å². The van der Waals surface area contributed by atoms with Crippen molar-refractivity contribution in [1.82, 2.24) is 5.32 Å². The first-order valence-electron chi connectivity index (χ1n) is 13.8. The minimum Gasteiger partial charge on any atom is -0.394 e. The molecule has 0 heterocycles. The van der Waals surface area contributed by atoms with Gasteiger partial charge in [-0.3, -0.25) is 4.79 Å². The molecule has 4 N–H and O–H groups in total. The van der Waals surface area contributed by atoms with Crippen molar-refractivity contribution in [2.24, 2.45) is 0 Å². The molecule has 0 saturated heterocycles. The van der Waals surface area contributed by atoms with Crippen LogP contribution in [0.15, 0.2) is 36.5 Å². The summed E-state index contributed by atoms with van der Waals surface area (Å²) >= 11 is 0. The number of aliphatic hydroxyl groups excluding tert-OH is 3. The normalized spacial score (nSPS) is 14.9. The Kier molecular flexibility index (Phi) is 23.6. The quantitative estimate of drug-likeness (QED) is 0.105. The number of carbonyl (C=O) groups excluding carboxylic acids is 1. The van der Waals surface area contributed by atoms with E-state index < -0.39 is 24.2 Å². The number of carbonyl (C=O) groups is 1. The summed E-state index contributed by atoms with van der Waals surface area (Å²) in [6.45, 7) is 3.97. The third kappa shape index (κ3) is 20.0. The summed E-state index contributed by atoms with van der Waals surface area (Å²) in [5.74, 6) is -0.525. The zero-order valence-corrected chi connectivity index (χ0v) is 22.0. The minimum absolute atomic E-state index is 0.382. The maximum Gasteiger partial charge on any atom is 0.249 e. The fraction of sp³-hybridized carbons (Fsp3) is 0.759. The van der Waals surface area contributed by atoms with Gasteiger partial charge in [-0.15, -0.1) is 0 Å². The van der Waals surface area contributed by atoms with Crippen molar-refractivity contribution in [2.45, 2.75) is 135 Å². The Labute approximate surface area is 209 Å². The Bertz CT molecular complexity index is 544. The molecule has 34 heavy (non-hydrogen) atoms. The van der Waals surface area contributed by atoms with Gasteiger partial charge in [0.15, 0.2) is 0 Å². The Balaban J connectivity index is 3.96. The van der Waals surface area contributed by atoms with E-state index in [9.17, 15) is 20.1 Å². The zero-order chi connectivity index (χ0) is 25.3. The molecule has 0 saturated carbocycles. The fourth-order valence-electron chi connectivity index (χ4n) is 3.75. The standard InChI is InChI=1S/C29H53NO4/c1-3-5-7-9-11-13-15-17-19-21-23-27(32)26(25-31)30-29(34)28(33)24-22-20-18-16-14-12-10-8-6-4-2/h5,7,13,15,21,23,26-28,31-33H,3-4,6,8-12,14,16-20,22,24-25H2,1-2H3,(H,30,34)/b7-5+,15-13+,23-21+. The van der Waals surface area contributed by atoms with Crippen LogP contribution in [0.2, 0.25) is 0 Å². The number of amides is 1. The van der Waals surface area contributed by atoms with E-state index in [1.54, 1.807) is 6.08 Å². The van der Waals surface area contributed by atoms with E-state index in [1.807, 2.05) is 6.08 Å². The highest BCUT2D eigenvalue weighted by molar-refractivity contribution is 5.80. The van der Waals surface area contributed by atoms with Crippen LogP contribution in [-0.2, 0) is 4.79 Å². The molecule has 5 nitrogen and oxygen atoms in total. The van der Waals surface area contributed by atoms with Crippen LogP contribution in [0.3, 0.4) is 0 Å². The summed E-state index contributed by atoms with van der Waals surface area (Å²) in [5, 5.41) is 32.5. The molecule has 0 rings (SSSR count). The van der Waals surface area contributed by atoms with Gasteiger partial charge in [0, 0.05) is 0 Å². The summed E-state index contributed by atoms with van der Waals surface area (Å²) in [4.78, 5) is 12.2. The molecule has 5 heteroatoms. The van der Waals surface area contributed by atoms with Crippen molar-refractivity contribution in [1.29, 1.82) is 0 Å². The lowest BCUT2D eigenvalue weighted by Crippen LogP contribution is -2.48. The molecule has 0 aromatic heterocycles. The molecule has 0 aromatic carbocycles. The van der Waals surface area contributed by atoms with E-state index in [1.165, 1.54) is 44.9 Å². The average Bonchev–Trinajstić information content (AvgIpc) is 2.84. The van der Waals surface area contributed by atoms with Crippen LogP contribution in [-0.4, -0.2) is 46.1 Å². The number of allylic oxidation sites excluding steroid dienone is 5. The molecule has 198 valence electrons. The average molecular weight is 480 g/mol. The van der Waals surface area contributed by atoms with Crippen molar-refractivity contribution in [3.8, 4) is 0 Å². The molecule has 0 aliphatic carbocycles. The molecule has 0 radical (unpaired) electrons. The lowest BCUT2D eigenvalue weighted by Gasteiger charge is -2.21. The van der Waals surface area contributed by atoms with Crippen molar-refractivity contribution in [3.63, 3.8) is 0 Å². The summed E-state index contributed by atoms with van der Waals surface area (Å²) in [7, 11) is 0. The first-order valence-corrected chi connectivity index (χ1v) is 13.8. The predicted molar refractivity (Wildman–Crippen MR) is 144 cm³/mol. The van der Waals surface area contributed by atoms with Gasteiger partial charge in [-0.1, -0.05) is 115 Å². The molecule has 1 amide bonds. The van der Waals surface area contributed by atoms with Crippen molar-refractivity contribution in [2.75, 3.05) is 6.61 Å². The summed E-state index contributed by atoms with van der Waals surface area (Å²) < 4.78 is 0. The second-order valence-electron chi connectivity index (χ2n) is 9.21. The number of aliphatic hydroxyl groups is 3. The number of nitrogens with one attached hydrogen (secondary N) is 1. The van der Waals surface area contributed by atoms with Gasteiger partial charge in [0.2, 0.25) is 5.91 Å². The first kappa shape index (κ1) is 32.6. The van der Waals surface area contributed by atoms with E-state index in [4.69, 9.17) is 0 Å². The molecule has 0 spiro atoms. The Hall–Kier alpha value is -1.43. The second kappa shape index (κ2) is 24.7. The van der Waals surface area contributed by atoms with E-state index in [-0.39, 0.29) is 6.61 Å². The maximum atomic E-state index is 12.2. The van der Waals surface area contributed by atoms with Gasteiger partial charge in [-0.25, -0.2) is 0 Å². The molecule has 0 aliphatic heterocycles. The van der Waals surface area contributed by atoms with Gasteiger partial charge in [0.1, 0.15) is 6.10 Å². The van der Waals surface area contributed by atoms with E-state index in [0.717, 1.165) is 51.4 Å². The van der Waals surface area contributed by atoms with E-state index in [0.29, 0.717) is 6.42 Å². The number of unbranched alkanes of at least 4 members (excludes halogenated alkanes) is 11. The summed E-state index contributed by atoms with van der Waals surface area (Å²) in [6, 6.07) is -0.813. The number of rotatable bonds is 23. The predicted octanol–water partition coefficient (Wildman–Crippen LogP) is 6.14. The summed E-state index contributed by atoms with van der Waals surface area (Å²) in [5.41, 5.74) is 0. The van der Waals surface area contributed by atoms with E-state index >= 15 is 0 Å². The largest absolute Gasteiger partial charge is 0.394 e. The van der Waals surface area contributed by atoms with Crippen molar-refractivity contribution in [3.05, 3.63) is 36.5 Å². The highest BCUT2D eigenvalue weighted by Crippen LogP contribution is 2.12. The van der Waals surface area contributed by atoms with Gasteiger partial charge >= 0.3 is 0 Å². The molecule has 0 aromatic rings. The van der Waals surface area contributed by atoms with Crippen LogP contribution in [0.4, 0.5) is 0 Å². The molecular weight excluding hydrogens is 426 g/mol. The molecule has 0 aliphatic rings. The highest BCUT2D eigenvalue weighted by atomic mass is 16.3. The third-order valence-electron chi connectivity index (χ3n) is 5.97. The zero-order valence-electron chi connectivity index (χ0n) is 22.0. The van der Waals surface area contributed by atoms with Gasteiger partial charge in [0.05, 0.1) is 18.8 Å². The van der Waals surface area contributed by atoms with Crippen molar-refractivity contribution >= 4 is 5.91 Å². The Morgan fingerprint density at radius 1 is 0.735 bits per heavy atom. The fourth-order valence-corrected chi connectivity index (χ4v) is 3.75. The van der Waals surface area contributed by atoms with Gasteiger partial charge in [-0.2, -0.15) is 0 Å². The highest BCUT2D eigenvalue weighted by Gasteiger charge is 2.22. The van der Waals surface area contributed by atoms with Crippen LogP contribution >= 0.6 is 0 Å². The maximum absolute atomic E-state index is 12.2. The molecule has 0 fully saturated rings. The van der Waals surface area contributed by atoms with Crippen LogP contribution in [0.1, 0.15) is 117 Å². The smallest absolute Gasteiger partial charge is 0.249 e.